The van der Waals surface area contributed by atoms with Crippen molar-refractivity contribution in [1.82, 2.24) is 0 Å². The standard InChI is InChI=1S/C27H26N2/c1-17-14-24-22(20-10-6-4-7-11-20)15-18(2)28-26(24)27-25(17)23(16-19(3)29-27)21-12-8-5-9-13-21/h4-14,16-17,22,25H,15H2,1-3H3/t17?,22?,25-/m0/s1. The lowest BCUT2D eigenvalue weighted by molar-refractivity contribution is 0.557. The number of hydrogen-bond acceptors (Lipinski definition) is 2. The lowest BCUT2D eigenvalue weighted by Crippen LogP contribution is -2.27. The number of fused-ring (bicyclic) bond motifs is 2. The molecule has 0 radical (unpaired) electrons. The molecule has 2 aromatic rings. The molecule has 3 aliphatic rings. The van der Waals surface area contributed by atoms with Crippen molar-refractivity contribution < 1.29 is 0 Å². The van der Waals surface area contributed by atoms with E-state index in [2.05, 4.69) is 93.6 Å². The van der Waals surface area contributed by atoms with Crippen LogP contribution < -0.4 is 0 Å². The summed E-state index contributed by atoms with van der Waals surface area (Å²) in [6.07, 6.45) is 5.70. The van der Waals surface area contributed by atoms with Crippen molar-refractivity contribution in [3.8, 4) is 0 Å². The number of benzene rings is 2. The molecule has 5 rings (SSSR count). The van der Waals surface area contributed by atoms with Gasteiger partial charge in [0, 0.05) is 23.3 Å². The average molecular weight is 379 g/mol. The van der Waals surface area contributed by atoms with E-state index in [1.165, 1.54) is 28.0 Å². The van der Waals surface area contributed by atoms with Gasteiger partial charge in [-0.2, -0.15) is 0 Å². The molecule has 1 aliphatic carbocycles. The van der Waals surface area contributed by atoms with Gasteiger partial charge in [0.2, 0.25) is 0 Å². The van der Waals surface area contributed by atoms with Gasteiger partial charge in [0.15, 0.2) is 0 Å². The summed E-state index contributed by atoms with van der Waals surface area (Å²) in [5.74, 6) is 0.999. The van der Waals surface area contributed by atoms with Crippen LogP contribution in [-0.4, -0.2) is 11.4 Å². The molecule has 0 saturated carbocycles. The molecule has 0 fully saturated rings. The van der Waals surface area contributed by atoms with E-state index in [0.29, 0.717) is 11.8 Å². The zero-order valence-corrected chi connectivity index (χ0v) is 17.3. The smallest absolute Gasteiger partial charge is 0.0885 e. The second-order valence-corrected chi connectivity index (χ2v) is 8.43. The van der Waals surface area contributed by atoms with Crippen molar-refractivity contribution in [2.45, 2.75) is 33.1 Å². The summed E-state index contributed by atoms with van der Waals surface area (Å²) >= 11 is 0. The fraction of sp³-hybridized carbons (Fsp3) is 0.259. The Kier molecular flexibility index (Phi) is 4.43. The zero-order chi connectivity index (χ0) is 20.0. The monoisotopic (exact) mass is 378 g/mol. The number of nitrogens with zero attached hydrogens (tertiary/aromatic N) is 2. The van der Waals surface area contributed by atoms with Crippen LogP contribution in [0.15, 0.2) is 99.8 Å². The van der Waals surface area contributed by atoms with Crippen LogP contribution in [0.5, 0.6) is 0 Å². The SMILES string of the molecule is CC1=NC2=C3N=C(C)CC(c4ccccc4)C3=CC(C)[C@H]2C(c2ccccc2)=C1. The maximum Gasteiger partial charge on any atom is 0.0885 e. The Hall–Kier alpha value is -3.00. The summed E-state index contributed by atoms with van der Waals surface area (Å²) in [5, 5.41) is 0. The van der Waals surface area contributed by atoms with Crippen LogP contribution in [0.2, 0.25) is 0 Å². The second-order valence-electron chi connectivity index (χ2n) is 8.43. The highest BCUT2D eigenvalue weighted by molar-refractivity contribution is 6.03. The highest BCUT2D eigenvalue weighted by atomic mass is 14.9. The van der Waals surface area contributed by atoms with Crippen LogP contribution in [0, 0.1) is 11.8 Å². The van der Waals surface area contributed by atoms with E-state index in [1.807, 2.05) is 0 Å². The molecule has 0 bridgehead atoms. The normalized spacial score (nSPS) is 26.0. The summed E-state index contributed by atoms with van der Waals surface area (Å²) in [5.41, 5.74) is 9.86. The first-order valence-electron chi connectivity index (χ1n) is 10.5. The fourth-order valence-corrected chi connectivity index (χ4v) is 5.01. The van der Waals surface area contributed by atoms with E-state index in [-0.39, 0.29) is 5.92 Å². The van der Waals surface area contributed by atoms with Crippen molar-refractivity contribution in [3.05, 3.63) is 101 Å². The van der Waals surface area contributed by atoms with Crippen LogP contribution in [0.25, 0.3) is 5.57 Å². The predicted molar refractivity (Wildman–Crippen MR) is 122 cm³/mol. The van der Waals surface area contributed by atoms with Gasteiger partial charge in [-0.25, -0.2) is 0 Å². The van der Waals surface area contributed by atoms with Crippen LogP contribution >= 0.6 is 0 Å². The van der Waals surface area contributed by atoms with E-state index >= 15 is 0 Å². The minimum absolute atomic E-state index is 0.255. The number of hydrogen-bond donors (Lipinski definition) is 0. The summed E-state index contributed by atoms with van der Waals surface area (Å²) in [6, 6.07) is 21.6. The van der Waals surface area contributed by atoms with Gasteiger partial charge in [-0.15, -0.1) is 0 Å². The van der Waals surface area contributed by atoms with E-state index < -0.39 is 0 Å². The molecule has 0 saturated heterocycles. The molecular formula is C27H26N2. The highest BCUT2D eigenvalue weighted by Gasteiger charge is 2.38. The molecule has 2 aliphatic heterocycles. The second kappa shape index (κ2) is 7.11. The number of dihydropyridines is 1. The van der Waals surface area contributed by atoms with Crippen LogP contribution in [-0.2, 0) is 0 Å². The molecule has 0 N–H and O–H groups in total. The van der Waals surface area contributed by atoms with E-state index in [1.54, 1.807) is 0 Å². The Morgan fingerprint density at radius 1 is 0.828 bits per heavy atom. The molecule has 2 heteroatoms. The molecule has 2 aromatic carbocycles. The van der Waals surface area contributed by atoms with Gasteiger partial charge >= 0.3 is 0 Å². The zero-order valence-electron chi connectivity index (χ0n) is 17.3. The van der Waals surface area contributed by atoms with Gasteiger partial charge in [0.25, 0.3) is 0 Å². The minimum atomic E-state index is 0.255. The van der Waals surface area contributed by atoms with Crippen molar-refractivity contribution in [2.75, 3.05) is 0 Å². The third-order valence-corrected chi connectivity index (χ3v) is 6.26. The Morgan fingerprint density at radius 2 is 1.52 bits per heavy atom. The van der Waals surface area contributed by atoms with Gasteiger partial charge in [0.05, 0.1) is 11.4 Å². The van der Waals surface area contributed by atoms with Gasteiger partial charge in [0.1, 0.15) is 0 Å². The Balaban J connectivity index is 1.67. The van der Waals surface area contributed by atoms with E-state index in [0.717, 1.165) is 23.5 Å². The predicted octanol–water partition coefficient (Wildman–Crippen LogP) is 6.60. The summed E-state index contributed by atoms with van der Waals surface area (Å²) in [7, 11) is 0. The molecule has 0 amide bonds. The summed E-state index contributed by atoms with van der Waals surface area (Å²) in [6.45, 7) is 6.58. The maximum atomic E-state index is 5.06. The molecule has 29 heavy (non-hydrogen) atoms. The van der Waals surface area contributed by atoms with Crippen molar-refractivity contribution in [2.24, 2.45) is 21.8 Å². The first kappa shape index (κ1) is 18.1. The van der Waals surface area contributed by atoms with E-state index in [9.17, 15) is 0 Å². The van der Waals surface area contributed by atoms with Crippen molar-refractivity contribution in [1.29, 1.82) is 0 Å². The van der Waals surface area contributed by atoms with Crippen LogP contribution in [0.3, 0.4) is 0 Å². The molecule has 3 atom stereocenters. The third-order valence-electron chi connectivity index (χ3n) is 6.26. The maximum absolute atomic E-state index is 5.06. The number of aliphatic imine (C=N–C) groups is 2. The summed E-state index contributed by atoms with van der Waals surface area (Å²) < 4.78 is 0. The lowest BCUT2D eigenvalue weighted by Gasteiger charge is -2.38. The largest absolute Gasteiger partial charge is 0.256 e. The van der Waals surface area contributed by atoms with Crippen molar-refractivity contribution >= 4 is 17.0 Å². The molecule has 0 spiro atoms. The molecule has 144 valence electrons. The quantitative estimate of drug-likeness (QED) is 0.563. The Bertz CT molecular complexity index is 1100. The highest BCUT2D eigenvalue weighted by Crippen LogP contribution is 2.50. The minimum Gasteiger partial charge on any atom is -0.256 e. The summed E-state index contributed by atoms with van der Waals surface area (Å²) in [4.78, 5) is 10.1. The molecular weight excluding hydrogens is 352 g/mol. The van der Waals surface area contributed by atoms with Gasteiger partial charge in [-0.1, -0.05) is 73.7 Å². The van der Waals surface area contributed by atoms with Gasteiger partial charge in [-0.3, -0.25) is 9.98 Å². The Morgan fingerprint density at radius 3 is 2.24 bits per heavy atom. The van der Waals surface area contributed by atoms with Crippen LogP contribution in [0.1, 0.15) is 44.2 Å². The van der Waals surface area contributed by atoms with Crippen LogP contribution in [0.4, 0.5) is 0 Å². The Labute approximate surface area is 173 Å². The molecule has 0 aromatic heterocycles. The van der Waals surface area contributed by atoms with Crippen molar-refractivity contribution in [3.63, 3.8) is 0 Å². The lowest BCUT2D eigenvalue weighted by atomic mass is 9.70. The number of allylic oxidation sites excluding steroid dienone is 4. The first-order valence-corrected chi connectivity index (χ1v) is 10.5. The molecule has 2 nitrogen and oxygen atoms in total. The third kappa shape index (κ3) is 3.13. The van der Waals surface area contributed by atoms with E-state index in [4.69, 9.17) is 9.98 Å². The average Bonchev–Trinajstić information content (AvgIpc) is 2.74. The fourth-order valence-electron chi connectivity index (χ4n) is 5.01. The van der Waals surface area contributed by atoms with Gasteiger partial charge < -0.3 is 0 Å². The molecule has 2 unspecified atom stereocenters. The number of rotatable bonds is 2. The first-order chi connectivity index (χ1) is 14.1. The van der Waals surface area contributed by atoms with Gasteiger partial charge in [-0.05, 0) is 54.5 Å². The topological polar surface area (TPSA) is 24.7 Å². The molecule has 2 heterocycles.